The minimum absolute atomic E-state index is 0.217. The third kappa shape index (κ3) is 2.95. The molecule has 3 rings (SSSR count). The van der Waals surface area contributed by atoms with Gasteiger partial charge in [-0.2, -0.15) is 13.2 Å². The number of carboxylic acids is 1. The summed E-state index contributed by atoms with van der Waals surface area (Å²) in [5.74, 6) is -2.20. The molecule has 1 aliphatic rings. The standard InChI is InChI=1S/C16H12F3NO4S/c17-16(18,19)10-5-7-11(8-6-10)25(23,24)20-9-13(15(21)22)12-3-1-2-4-14(12)20/h1-8,13H,9H2,(H,21,22)/t13-/m1/s1. The average Bonchev–Trinajstić information content (AvgIpc) is 2.95. The quantitative estimate of drug-likeness (QED) is 0.900. The largest absolute Gasteiger partial charge is 0.481 e. The molecule has 0 spiro atoms. The third-order valence-electron chi connectivity index (χ3n) is 4.00. The van der Waals surface area contributed by atoms with Gasteiger partial charge in [0.1, 0.15) is 5.92 Å². The van der Waals surface area contributed by atoms with Gasteiger partial charge < -0.3 is 5.11 Å². The normalized spacial score (nSPS) is 17.4. The van der Waals surface area contributed by atoms with Crippen LogP contribution in [0.4, 0.5) is 18.9 Å². The molecule has 0 unspecified atom stereocenters. The van der Waals surface area contributed by atoms with E-state index < -0.39 is 33.7 Å². The highest BCUT2D eigenvalue weighted by molar-refractivity contribution is 7.92. The zero-order valence-corrected chi connectivity index (χ0v) is 13.4. The lowest BCUT2D eigenvalue weighted by Gasteiger charge is -2.20. The van der Waals surface area contributed by atoms with Crippen LogP contribution in [0.5, 0.6) is 0 Å². The van der Waals surface area contributed by atoms with Crippen LogP contribution in [0.25, 0.3) is 0 Å². The number of nitrogens with zero attached hydrogens (tertiary/aromatic N) is 1. The molecule has 1 N–H and O–H groups in total. The molecule has 1 aliphatic heterocycles. The number of carboxylic acid groups (broad SMARTS) is 1. The third-order valence-corrected chi connectivity index (χ3v) is 5.79. The molecule has 0 saturated carbocycles. The number of hydrogen-bond donors (Lipinski definition) is 1. The van der Waals surface area contributed by atoms with Gasteiger partial charge in [0, 0.05) is 0 Å². The minimum atomic E-state index is -4.57. The van der Waals surface area contributed by atoms with E-state index in [2.05, 4.69) is 0 Å². The summed E-state index contributed by atoms with van der Waals surface area (Å²) in [6.45, 7) is -0.308. The lowest BCUT2D eigenvalue weighted by atomic mass is 10.0. The van der Waals surface area contributed by atoms with Gasteiger partial charge in [0.15, 0.2) is 0 Å². The summed E-state index contributed by atoms with van der Waals surface area (Å²) in [4.78, 5) is 11.0. The fraction of sp³-hybridized carbons (Fsp3) is 0.188. The van der Waals surface area contributed by atoms with E-state index in [0.29, 0.717) is 17.7 Å². The van der Waals surface area contributed by atoms with Crippen molar-refractivity contribution < 1.29 is 31.5 Å². The Bertz CT molecular complexity index is 923. The molecule has 1 heterocycles. The lowest BCUT2D eigenvalue weighted by Crippen LogP contribution is -2.31. The van der Waals surface area contributed by atoms with Crippen molar-refractivity contribution in [2.75, 3.05) is 10.8 Å². The second-order valence-electron chi connectivity index (χ2n) is 5.51. The number of halogens is 3. The number of para-hydroxylation sites is 1. The Kier molecular flexibility index (Phi) is 3.98. The highest BCUT2D eigenvalue weighted by Crippen LogP contribution is 2.40. The smallest absolute Gasteiger partial charge is 0.416 e. The monoisotopic (exact) mass is 371 g/mol. The number of sulfonamides is 1. The number of anilines is 1. The number of carbonyl (C=O) groups is 1. The van der Waals surface area contributed by atoms with Crippen molar-refractivity contribution in [1.29, 1.82) is 0 Å². The van der Waals surface area contributed by atoms with Gasteiger partial charge in [-0.1, -0.05) is 18.2 Å². The zero-order chi connectivity index (χ0) is 18.4. The fourth-order valence-corrected chi connectivity index (χ4v) is 4.26. The van der Waals surface area contributed by atoms with Crippen LogP contribution < -0.4 is 4.31 Å². The molecule has 2 aromatic carbocycles. The molecule has 0 fully saturated rings. The molecule has 1 atom stereocenters. The van der Waals surface area contributed by atoms with Crippen molar-refractivity contribution in [3.63, 3.8) is 0 Å². The Hall–Kier alpha value is -2.55. The van der Waals surface area contributed by atoms with E-state index in [0.717, 1.165) is 16.4 Å². The van der Waals surface area contributed by atoms with Gasteiger partial charge in [-0.15, -0.1) is 0 Å². The van der Waals surface area contributed by atoms with Crippen LogP contribution in [-0.4, -0.2) is 26.0 Å². The van der Waals surface area contributed by atoms with Gasteiger partial charge in [-0.25, -0.2) is 8.42 Å². The molecule has 25 heavy (non-hydrogen) atoms. The van der Waals surface area contributed by atoms with Crippen LogP contribution in [0, 0.1) is 0 Å². The maximum atomic E-state index is 12.8. The summed E-state index contributed by atoms with van der Waals surface area (Å²) in [7, 11) is -4.18. The highest BCUT2D eigenvalue weighted by atomic mass is 32.2. The summed E-state index contributed by atoms with van der Waals surface area (Å²) in [5.41, 5.74) is -0.392. The maximum Gasteiger partial charge on any atom is 0.416 e. The average molecular weight is 371 g/mol. The first-order valence-corrected chi connectivity index (χ1v) is 8.58. The predicted octanol–water partition coefficient (Wildman–Crippen LogP) is 3.08. The Morgan fingerprint density at radius 3 is 2.24 bits per heavy atom. The summed E-state index contributed by atoms with van der Waals surface area (Å²) >= 11 is 0. The second-order valence-corrected chi connectivity index (χ2v) is 7.37. The second kappa shape index (κ2) is 5.76. The molecule has 2 aromatic rings. The number of aliphatic carboxylic acids is 1. The van der Waals surface area contributed by atoms with E-state index in [1.54, 1.807) is 12.1 Å². The Morgan fingerprint density at radius 1 is 1.08 bits per heavy atom. The molecule has 0 amide bonds. The van der Waals surface area contributed by atoms with Gasteiger partial charge in [-0.05, 0) is 35.9 Å². The summed E-state index contributed by atoms with van der Waals surface area (Å²) in [6, 6.07) is 9.27. The van der Waals surface area contributed by atoms with Crippen LogP contribution in [0.15, 0.2) is 53.4 Å². The van der Waals surface area contributed by atoms with E-state index in [9.17, 15) is 31.5 Å². The predicted molar refractivity (Wildman–Crippen MR) is 82.8 cm³/mol. The van der Waals surface area contributed by atoms with Gasteiger partial charge in [0.25, 0.3) is 10.0 Å². The van der Waals surface area contributed by atoms with Crippen LogP contribution in [0.2, 0.25) is 0 Å². The molecular weight excluding hydrogens is 359 g/mol. The van der Waals surface area contributed by atoms with Gasteiger partial charge in [0.2, 0.25) is 0 Å². The topological polar surface area (TPSA) is 74.7 Å². The summed E-state index contributed by atoms with van der Waals surface area (Å²) in [6.07, 6.45) is -4.57. The SMILES string of the molecule is O=C(O)[C@@H]1CN(S(=O)(=O)c2ccc(C(F)(F)F)cc2)c2ccccc21. The molecule has 132 valence electrons. The molecule has 0 bridgehead atoms. The lowest BCUT2D eigenvalue weighted by molar-refractivity contribution is -0.139. The fourth-order valence-electron chi connectivity index (χ4n) is 2.75. The van der Waals surface area contributed by atoms with Crippen LogP contribution in [-0.2, 0) is 21.0 Å². The molecule has 5 nitrogen and oxygen atoms in total. The van der Waals surface area contributed by atoms with Crippen molar-refractivity contribution >= 4 is 21.7 Å². The number of rotatable bonds is 3. The maximum absolute atomic E-state index is 12.8. The summed E-state index contributed by atoms with van der Waals surface area (Å²) in [5, 5.41) is 9.29. The Labute approximate surface area is 141 Å². The molecular formula is C16H12F3NO4S. The van der Waals surface area contributed by atoms with Crippen LogP contribution in [0.3, 0.4) is 0 Å². The van der Waals surface area contributed by atoms with E-state index in [1.165, 1.54) is 12.1 Å². The van der Waals surface area contributed by atoms with E-state index >= 15 is 0 Å². The molecule has 0 saturated heterocycles. The van der Waals surface area contributed by atoms with Crippen molar-refractivity contribution in [2.45, 2.75) is 17.0 Å². The van der Waals surface area contributed by atoms with E-state index in [1.807, 2.05) is 0 Å². The van der Waals surface area contributed by atoms with Gasteiger partial charge in [-0.3, -0.25) is 9.10 Å². The number of benzene rings is 2. The Balaban J connectivity index is 2.03. The van der Waals surface area contributed by atoms with Crippen molar-refractivity contribution in [3.05, 3.63) is 59.7 Å². The molecule has 0 aromatic heterocycles. The highest BCUT2D eigenvalue weighted by Gasteiger charge is 2.40. The molecule has 9 heteroatoms. The van der Waals surface area contributed by atoms with Crippen LogP contribution >= 0.6 is 0 Å². The van der Waals surface area contributed by atoms with Crippen molar-refractivity contribution in [1.82, 2.24) is 0 Å². The van der Waals surface area contributed by atoms with E-state index in [4.69, 9.17) is 0 Å². The first-order valence-electron chi connectivity index (χ1n) is 7.14. The Morgan fingerprint density at radius 2 is 1.68 bits per heavy atom. The van der Waals surface area contributed by atoms with Crippen molar-refractivity contribution in [2.24, 2.45) is 0 Å². The van der Waals surface area contributed by atoms with E-state index in [-0.39, 0.29) is 17.1 Å². The number of alkyl halides is 3. The number of fused-ring (bicyclic) bond motifs is 1. The molecule has 0 radical (unpaired) electrons. The van der Waals surface area contributed by atoms with Crippen LogP contribution in [0.1, 0.15) is 17.0 Å². The summed E-state index contributed by atoms with van der Waals surface area (Å²) < 4.78 is 64.4. The number of hydrogen-bond acceptors (Lipinski definition) is 3. The first kappa shape index (κ1) is 17.3. The van der Waals surface area contributed by atoms with Gasteiger partial charge in [0.05, 0.1) is 22.7 Å². The minimum Gasteiger partial charge on any atom is -0.481 e. The zero-order valence-electron chi connectivity index (χ0n) is 12.6. The van der Waals surface area contributed by atoms with Crippen molar-refractivity contribution in [3.8, 4) is 0 Å². The van der Waals surface area contributed by atoms with Gasteiger partial charge >= 0.3 is 12.1 Å². The first-order chi connectivity index (χ1) is 11.6. The molecule has 0 aliphatic carbocycles.